The van der Waals surface area contributed by atoms with Gasteiger partial charge in [-0.15, -0.1) is 0 Å². The Morgan fingerprint density at radius 2 is 1.45 bits per heavy atom. The molecule has 2 fully saturated rings. The molecule has 0 bridgehead atoms. The molecule has 0 radical (unpaired) electrons. The number of ether oxygens (including phenoxy) is 6. The summed E-state index contributed by atoms with van der Waals surface area (Å²) in [5, 5.41) is 11.0. The molecule has 0 aromatic rings. The molecule has 1 spiro atoms. The normalized spacial score (nSPS) is 43.5. The van der Waals surface area contributed by atoms with Gasteiger partial charge in [-0.05, 0) is 31.4 Å². The predicted octanol–water partition coefficient (Wildman–Crippen LogP) is 1.32. The standard InChI is InChI=1S/C28H36O12/c1-12-11-19-28(27(8,40-28)25(34)39-19)23(37-16(5)31)20-13(2)18(33)9-10-26(20,7)24(38-17(6)32)22(36-15(4)30)21(12)35-14(3)29/h9-11,13,18-24,33H,1-8H3. The van der Waals surface area contributed by atoms with Gasteiger partial charge < -0.3 is 33.5 Å². The van der Waals surface area contributed by atoms with E-state index in [1.54, 1.807) is 26.8 Å². The van der Waals surface area contributed by atoms with Crippen molar-refractivity contribution in [2.24, 2.45) is 17.3 Å². The van der Waals surface area contributed by atoms with Crippen LogP contribution in [0, 0.1) is 17.3 Å². The summed E-state index contributed by atoms with van der Waals surface area (Å²) < 4.78 is 35.0. The van der Waals surface area contributed by atoms with E-state index < -0.39 is 94.9 Å². The van der Waals surface area contributed by atoms with Gasteiger partial charge in [-0.1, -0.05) is 26.0 Å². The number of carbonyl (C=O) groups excluding carboxylic acids is 5. The fourth-order valence-corrected chi connectivity index (χ4v) is 6.80. The van der Waals surface area contributed by atoms with E-state index in [0.29, 0.717) is 5.57 Å². The monoisotopic (exact) mass is 564 g/mol. The van der Waals surface area contributed by atoms with Crippen LogP contribution >= 0.6 is 0 Å². The van der Waals surface area contributed by atoms with Crippen molar-refractivity contribution in [3.05, 3.63) is 23.8 Å². The highest BCUT2D eigenvalue weighted by molar-refractivity contribution is 5.89. The van der Waals surface area contributed by atoms with Crippen LogP contribution in [0.3, 0.4) is 0 Å². The molecule has 0 aromatic heterocycles. The van der Waals surface area contributed by atoms with E-state index in [0.717, 1.165) is 6.92 Å². The lowest BCUT2D eigenvalue weighted by molar-refractivity contribution is -0.207. The molecule has 2 heterocycles. The smallest absolute Gasteiger partial charge is 0.342 e. The van der Waals surface area contributed by atoms with Crippen molar-refractivity contribution >= 4 is 29.8 Å². The number of esters is 5. The third kappa shape index (κ3) is 4.50. The number of aliphatic hydroxyl groups excluding tert-OH is 1. The van der Waals surface area contributed by atoms with Gasteiger partial charge in [0.1, 0.15) is 6.10 Å². The second kappa shape index (κ2) is 9.99. The van der Waals surface area contributed by atoms with E-state index >= 15 is 0 Å². The number of fused-ring (bicyclic) bond motifs is 1. The van der Waals surface area contributed by atoms with Gasteiger partial charge in [0.15, 0.2) is 35.6 Å². The highest BCUT2D eigenvalue weighted by atomic mass is 16.7. The van der Waals surface area contributed by atoms with Crippen LogP contribution in [0.1, 0.15) is 55.4 Å². The maximum atomic E-state index is 13.1. The Labute approximate surface area is 231 Å². The number of hydrogen-bond acceptors (Lipinski definition) is 12. The number of aliphatic hydroxyl groups is 1. The van der Waals surface area contributed by atoms with Crippen LogP contribution in [0.2, 0.25) is 0 Å². The summed E-state index contributed by atoms with van der Waals surface area (Å²) in [5.41, 5.74) is -4.04. The molecule has 2 saturated heterocycles. The van der Waals surface area contributed by atoms with Crippen LogP contribution in [0.25, 0.3) is 0 Å². The minimum Gasteiger partial charge on any atom is -0.459 e. The van der Waals surface area contributed by atoms with Gasteiger partial charge in [0.05, 0.1) is 6.10 Å². The molecule has 4 aliphatic rings. The molecule has 0 aromatic carbocycles. The average Bonchev–Trinajstić information content (AvgIpc) is 3.42. The molecule has 2 aliphatic carbocycles. The van der Waals surface area contributed by atoms with Crippen molar-refractivity contribution in [2.45, 2.75) is 103 Å². The third-order valence-corrected chi connectivity index (χ3v) is 8.60. The van der Waals surface area contributed by atoms with Gasteiger partial charge >= 0.3 is 29.8 Å². The Morgan fingerprint density at radius 1 is 0.900 bits per heavy atom. The van der Waals surface area contributed by atoms with E-state index in [9.17, 15) is 29.1 Å². The van der Waals surface area contributed by atoms with Crippen LogP contribution in [0.15, 0.2) is 23.8 Å². The third-order valence-electron chi connectivity index (χ3n) is 8.60. The first-order chi connectivity index (χ1) is 18.5. The van der Waals surface area contributed by atoms with Crippen molar-refractivity contribution in [1.29, 1.82) is 0 Å². The summed E-state index contributed by atoms with van der Waals surface area (Å²) in [6.45, 7) is 11.3. The summed E-state index contributed by atoms with van der Waals surface area (Å²) in [5.74, 6) is -5.08. The molecule has 220 valence electrons. The lowest BCUT2D eigenvalue weighted by atomic mass is 9.56. The van der Waals surface area contributed by atoms with Gasteiger partial charge in [-0.3, -0.25) is 19.2 Å². The van der Waals surface area contributed by atoms with Crippen LogP contribution in [-0.2, 0) is 52.4 Å². The average molecular weight is 565 g/mol. The van der Waals surface area contributed by atoms with E-state index in [1.165, 1.54) is 39.8 Å². The summed E-state index contributed by atoms with van der Waals surface area (Å²) >= 11 is 0. The maximum absolute atomic E-state index is 13.1. The molecule has 0 saturated carbocycles. The van der Waals surface area contributed by atoms with Crippen molar-refractivity contribution < 1.29 is 57.5 Å². The van der Waals surface area contributed by atoms with E-state index in [-0.39, 0.29) is 0 Å². The van der Waals surface area contributed by atoms with Crippen molar-refractivity contribution in [3.63, 3.8) is 0 Å². The molecule has 12 nitrogen and oxygen atoms in total. The number of rotatable bonds is 4. The van der Waals surface area contributed by atoms with Crippen molar-refractivity contribution in [3.8, 4) is 0 Å². The summed E-state index contributed by atoms with van der Waals surface area (Å²) in [4.78, 5) is 62.9. The van der Waals surface area contributed by atoms with Gasteiger partial charge in [-0.2, -0.15) is 0 Å². The Morgan fingerprint density at radius 3 is 1.98 bits per heavy atom. The summed E-state index contributed by atoms with van der Waals surface area (Å²) in [7, 11) is 0. The molecule has 2 aliphatic heterocycles. The zero-order valence-corrected chi connectivity index (χ0v) is 23.8. The molecule has 11 unspecified atom stereocenters. The number of carbonyl (C=O) groups is 5. The fourth-order valence-electron chi connectivity index (χ4n) is 6.80. The Hall–Kier alpha value is -3.25. The zero-order valence-electron chi connectivity index (χ0n) is 23.8. The Kier molecular flexibility index (Phi) is 7.42. The summed E-state index contributed by atoms with van der Waals surface area (Å²) in [6.07, 6.45) is -2.66. The van der Waals surface area contributed by atoms with Crippen molar-refractivity contribution in [1.82, 2.24) is 0 Å². The van der Waals surface area contributed by atoms with E-state index in [1.807, 2.05) is 0 Å². The first-order valence-corrected chi connectivity index (χ1v) is 13.2. The number of epoxide rings is 1. The molecule has 12 heteroatoms. The lowest BCUT2D eigenvalue weighted by Gasteiger charge is -2.53. The van der Waals surface area contributed by atoms with E-state index in [2.05, 4.69) is 0 Å². The van der Waals surface area contributed by atoms with E-state index in [4.69, 9.17) is 28.4 Å². The second-order valence-electron chi connectivity index (χ2n) is 11.4. The van der Waals surface area contributed by atoms with Gasteiger partial charge in [-0.25, -0.2) is 4.79 Å². The molecular weight excluding hydrogens is 528 g/mol. The lowest BCUT2D eigenvalue weighted by Crippen LogP contribution is -2.63. The van der Waals surface area contributed by atoms with Crippen LogP contribution < -0.4 is 0 Å². The molecule has 4 rings (SSSR count). The van der Waals surface area contributed by atoms with Gasteiger partial charge in [0.25, 0.3) is 0 Å². The Balaban J connectivity index is 2.08. The molecule has 1 N–H and O–H groups in total. The molecule has 40 heavy (non-hydrogen) atoms. The SMILES string of the molecule is CC(=O)OC1C(C)=CC2OC(=O)C3(C)OC23C(OC(C)=O)C2C(C)C(O)C=CC2(C)C(OC(C)=O)C1OC(C)=O. The number of hydrogen-bond donors (Lipinski definition) is 1. The fraction of sp³-hybridized carbons (Fsp3) is 0.679. The highest BCUT2D eigenvalue weighted by Crippen LogP contribution is 2.65. The quantitative estimate of drug-likeness (QED) is 0.226. The largest absolute Gasteiger partial charge is 0.459 e. The topological polar surface area (TPSA) is 164 Å². The van der Waals surface area contributed by atoms with Gasteiger partial charge in [0.2, 0.25) is 0 Å². The second-order valence-corrected chi connectivity index (χ2v) is 11.4. The Bertz CT molecular complexity index is 1190. The molecule has 0 amide bonds. The van der Waals surface area contributed by atoms with Crippen molar-refractivity contribution in [2.75, 3.05) is 0 Å². The van der Waals surface area contributed by atoms with Crippen LogP contribution in [0.4, 0.5) is 0 Å². The molecule has 11 atom stereocenters. The highest BCUT2D eigenvalue weighted by Gasteiger charge is 2.87. The minimum absolute atomic E-state index is 0.312. The minimum atomic E-state index is -1.52. The first kappa shape index (κ1) is 29.7. The maximum Gasteiger partial charge on any atom is 0.342 e. The zero-order chi connectivity index (χ0) is 29.9. The van der Waals surface area contributed by atoms with Crippen LogP contribution in [-0.4, -0.2) is 82.8 Å². The molecular formula is C28H36O12. The summed E-state index contributed by atoms with van der Waals surface area (Å²) in [6, 6.07) is 0. The van der Waals surface area contributed by atoms with Crippen LogP contribution in [0.5, 0.6) is 0 Å². The predicted molar refractivity (Wildman–Crippen MR) is 134 cm³/mol. The van der Waals surface area contributed by atoms with Gasteiger partial charge in [0, 0.05) is 39.0 Å². The first-order valence-electron chi connectivity index (χ1n) is 13.2.